The number of benzene rings is 1. The van der Waals surface area contributed by atoms with Gasteiger partial charge in [-0.25, -0.2) is 0 Å². The molecule has 0 unspecified atom stereocenters. The molecule has 0 aliphatic heterocycles. The monoisotopic (exact) mass is 300 g/mol. The molecule has 2 amide bonds. The molecule has 0 radical (unpaired) electrons. The van der Waals surface area contributed by atoms with Crippen LogP contribution in [0.3, 0.4) is 0 Å². The first kappa shape index (κ1) is 17.8. The third-order valence-corrected chi connectivity index (χ3v) is 3.76. The van der Waals surface area contributed by atoms with Gasteiger partial charge in [-0.2, -0.15) is 0 Å². The molecule has 22 heavy (non-hydrogen) atoms. The van der Waals surface area contributed by atoms with Crippen molar-refractivity contribution in [2.45, 2.75) is 46.1 Å². The Hall–Kier alpha value is -2.28. The van der Waals surface area contributed by atoms with Crippen molar-refractivity contribution in [1.82, 2.24) is 10.6 Å². The molecule has 0 atom stereocenters. The Kier molecular flexibility index (Phi) is 6.18. The van der Waals surface area contributed by atoms with E-state index < -0.39 is 5.54 Å². The molecule has 0 aromatic heterocycles. The van der Waals surface area contributed by atoms with Gasteiger partial charge < -0.3 is 10.6 Å². The summed E-state index contributed by atoms with van der Waals surface area (Å²) >= 11 is 0. The second kappa shape index (κ2) is 7.65. The van der Waals surface area contributed by atoms with Gasteiger partial charge in [-0.15, -0.1) is 6.42 Å². The molecule has 118 valence electrons. The SMILES string of the molecule is C#CC(CC)(CC)NC(=O)CNC(=O)c1cc(C)cc(C)c1. The number of rotatable bonds is 6. The lowest BCUT2D eigenvalue weighted by molar-refractivity contribution is -0.121. The van der Waals surface area contributed by atoms with Crippen molar-refractivity contribution in [3.63, 3.8) is 0 Å². The van der Waals surface area contributed by atoms with Gasteiger partial charge in [-0.05, 0) is 38.8 Å². The summed E-state index contributed by atoms with van der Waals surface area (Å²) in [6.07, 6.45) is 6.80. The van der Waals surface area contributed by atoms with Crippen LogP contribution in [0.25, 0.3) is 0 Å². The first-order valence-corrected chi connectivity index (χ1v) is 7.51. The fourth-order valence-electron chi connectivity index (χ4n) is 2.35. The average molecular weight is 300 g/mol. The maximum absolute atomic E-state index is 12.1. The average Bonchev–Trinajstić information content (AvgIpc) is 2.49. The number of nitrogens with one attached hydrogen (secondary N) is 2. The van der Waals surface area contributed by atoms with Crippen LogP contribution in [0.5, 0.6) is 0 Å². The van der Waals surface area contributed by atoms with Gasteiger partial charge in [0, 0.05) is 5.56 Å². The second-order valence-electron chi connectivity index (χ2n) is 5.54. The highest BCUT2D eigenvalue weighted by atomic mass is 16.2. The molecular formula is C18H24N2O2. The first-order valence-electron chi connectivity index (χ1n) is 7.51. The van der Waals surface area contributed by atoms with Gasteiger partial charge in [0.2, 0.25) is 5.91 Å². The largest absolute Gasteiger partial charge is 0.343 e. The number of aryl methyl sites for hydroxylation is 2. The van der Waals surface area contributed by atoms with Gasteiger partial charge in [0.05, 0.1) is 6.54 Å². The van der Waals surface area contributed by atoms with Crippen molar-refractivity contribution in [3.05, 3.63) is 34.9 Å². The highest BCUT2D eigenvalue weighted by Crippen LogP contribution is 2.13. The summed E-state index contributed by atoms with van der Waals surface area (Å²) < 4.78 is 0. The molecule has 0 saturated heterocycles. The van der Waals surface area contributed by atoms with Gasteiger partial charge in [-0.3, -0.25) is 9.59 Å². The standard InChI is InChI=1S/C18H24N2O2/c1-6-18(7-2,8-3)20-16(21)12-19-17(22)15-10-13(4)9-14(5)11-15/h1,9-11H,7-8,12H2,2-5H3,(H,19,22)(H,20,21). The van der Waals surface area contributed by atoms with Crippen LogP contribution in [0.1, 0.15) is 48.2 Å². The predicted molar refractivity (Wildman–Crippen MR) is 88.5 cm³/mol. The highest BCUT2D eigenvalue weighted by molar-refractivity contribution is 5.96. The topological polar surface area (TPSA) is 58.2 Å². The smallest absolute Gasteiger partial charge is 0.251 e. The van der Waals surface area contributed by atoms with Crippen LogP contribution in [-0.2, 0) is 4.79 Å². The molecule has 2 N–H and O–H groups in total. The zero-order valence-corrected chi connectivity index (χ0v) is 13.7. The molecule has 0 heterocycles. The third-order valence-electron chi connectivity index (χ3n) is 3.76. The van der Waals surface area contributed by atoms with Crippen LogP contribution in [0.2, 0.25) is 0 Å². The van der Waals surface area contributed by atoms with Crippen LogP contribution in [0, 0.1) is 26.2 Å². The maximum Gasteiger partial charge on any atom is 0.251 e. The summed E-state index contributed by atoms with van der Waals surface area (Å²) in [4.78, 5) is 24.1. The van der Waals surface area contributed by atoms with Crippen molar-refractivity contribution >= 4 is 11.8 Å². The van der Waals surface area contributed by atoms with E-state index in [1.54, 1.807) is 12.1 Å². The van der Waals surface area contributed by atoms with Gasteiger partial charge >= 0.3 is 0 Å². The van der Waals surface area contributed by atoms with E-state index in [1.807, 2.05) is 33.8 Å². The summed E-state index contributed by atoms with van der Waals surface area (Å²) in [5.74, 6) is 2.09. The lowest BCUT2D eigenvalue weighted by Gasteiger charge is -2.27. The zero-order chi connectivity index (χ0) is 16.8. The van der Waals surface area contributed by atoms with E-state index in [0.29, 0.717) is 18.4 Å². The minimum absolute atomic E-state index is 0.0880. The van der Waals surface area contributed by atoms with Gasteiger partial charge in [0.25, 0.3) is 5.91 Å². The minimum Gasteiger partial charge on any atom is -0.343 e. The van der Waals surface area contributed by atoms with E-state index in [-0.39, 0.29) is 18.4 Å². The highest BCUT2D eigenvalue weighted by Gasteiger charge is 2.25. The summed E-state index contributed by atoms with van der Waals surface area (Å²) in [5, 5.41) is 5.45. The lowest BCUT2D eigenvalue weighted by Crippen LogP contribution is -2.50. The Morgan fingerprint density at radius 3 is 2.14 bits per heavy atom. The second-order valence-corrected chi connectivity index (χ2v) is 5.54. The summed E-state index contributed by atoms with van der Waals surface area (Å²) in [6, 6.07) is 5.58. The molecule has 1 rings (SSSR count). The lowest BCUT2D eigenvalue weighted by atomic mass is 9.94. The summed E-state index contributed by atoms with van der Waals surface area (Å²) in [7, 11) is 0. The normalized spacial score (nSPS) is 10.7. The van der Waals surface area contributed by atoms with Crippen LogP contribution in [0.4, 0.5) is 0 Å². The predicted octanol–water partition coefficient (Wildman–Crippen LogP) is 2.34. The Labute approximate surface area is 132 Å². The van der Waals surface area contributed by atoms with Crippen molar-refractivity contribution in [2.75, 3.05) is 6.54 Å². The number of hydrogen-bond donors (Lipinski definition) is 2. The molecule has 0 saturated carbocycles. The van der Waals surface area contributed by atoms with Crippen LogP contribution >= 0.6 is 0 Å². The van der Waals surface area contributed by atoms with Crippen LogP contribution < -0.4 is 10.6 Å². The molecule has 0 fully saturated rings. The van der Waals surface area contributed by atoms with Crippen molar-refractivity contribution in [1.29, 1.82) is 0 Å². The number of amides is 2. The van der Waals surface area contributed by atoms with E-state index >= 15 is 0 Å². The quantitative estimate of drug-likeness (QED) is 0.792. The van der Waals surface area contributed by atoms with Gasteiger partial charge in [0.1, 0.15) is 5.54 Å². The number of terminal acetylenes is 1. The van der Waals surface area contributed by atoms with E-state index in [4.69, 9.17) is 6.42 Å². The van der Waals surface area contributed by atoms with E-state index in [0.717, 1.165) is 11.1 Å². The van der Waals surface area contributed by atoms with E-state index in [2.05, 4.69) is 16.6 Å². The first-order chi connectivity index (χ1) is 10.4. The fourth-order valence-corrected chi connectivity index (χ4v) is 2.35. The van der Waals surface area contributed by atoms with Crippen LogP contribution in [0.15, 0.2) is 18.2 Å². The molecule has 0 bridgehead atoms. The molecule has 4 nitrogen and oxygen atoms in total. The maximum atomic E-state index is 12.1. The van der Waals surface area contributed by atoms with E-state index in [1.165, 1.54) is 0 Å². The Balaban J connectivity index is 2.64. The molecule has 1 aromatic rings. The Bertz CT molecular complexity index is 575. The van der Waals surface area contributed by atoms with Crippen molar-refractivity contribution in [2.24, 2.45) is 0 Å². The van der Waals surface area contributed by atoms with Crippen molar-refractivity contribution in [3.8, 4) is 12.3 Å². The number of carbonyl (C=O) groups excluding carboxylic acids is 2. The number of carbonyl (C=O) groups is 2. The number of hydrogen-bond acceptors (Lipinski definition) is 2. The van der Waals surface area contributed by atoms with Gasteiger partial charge in [-0.1, -0.05) is 37.0 Å². The molecular weight excluding hydrogens is 276 g/mol. The molecule has 4 heteroatoms. The van der Waals surface area contributed by atoms with Crippen LogP contribution in [-0.4, -0.2) is 23.9 Å². The summed E-state index contributed by atoms with van der Waals surface area (Å²) in [6.45, 7) is 7.63. The third kappa shape index (κ3) is 4.63. The van der Waals surface area contributed by atoms with E-state index in [9.17, 15) is 9.59 Å². The molecule has 0 spiro atoms. The van der Waals surface area contributed by atoms with Crippen molar-refractivity contribution < 1.29 is 9.59 Å². The fraction of sp³-hybridized carbons (Fsp3) is 0.444. The summed E-state index contributed by atoms with van der Waals surface area (Å²) in [5.41, 5.74) is 1.94. The Morgan fingerprint density at radius 2 is 1.68 bits per heavy atom. The zero-order valence-electron chi connectivity index (χ0n) is 13.7. The molecule has 0 aliphatic carbocycles. The minimum atomic E-state index is -0.637. The molecule has 0 aliphatic rings. The Morgan fingerprint density at radius 1 is 1.14 bits per heavy atom. The van der Waals surface area contributed by atoms with Gasteiger partial charge in [0.15, 0.2) is 0 Å². The molecule has 1 aromatic carbocycles.